The zero-order chi connectivity index (χ0) is 38.1. The van der Waals surface area contributed by atoms with Crippen LogP contribution in [0.1, 0.15) is 32.1 Å². The van der Waals surface area contributed by atoms with E-state index in [0.717, 1.165) is 0 Å². The third kappa shape index (κ3) is 9.80. The highest BCUT2D eigenvalue weighted by Crippen LogP contribution is 2.38. The number of anilines is 3. The molecule has 1 aliphatic rings. The molecule has 13 nitrogen and oxygen atoms in total. The molecule has 2 aromatic carbocycles. The van der Waals surface area contributed by atoms with Crippen LogP contribution in [0, 0.1) is 17.8 Å². The summed E-state index contributed by atoms with van der Waals surface area (Å²) in [7, 11) is 2.97. The van der Waals surface area contributed by atoms with Crippen LogP contribution in [-0.4, -0.2) is 81.3 Å². The second-order valence-corrected chi connectivity index (χ2v) is 14.2. The lowest BCUT2D eigenvalue weighted by atomic mass is 10.2. The van der Waals surface area contributed by atoms with Gasteiger partial charge in [-0.25, -0.2) is 9.69 Å². The second kappa shape index (κ2) is 17.8. The molecule has 0 unspecified atom stereocenters. The van der Waals surface area contributed by atoms with Crippen LogP contribution in [0.4, 0.5) is 35.3 Å². The van der Waals surface area contributed by atoms with Gasteiger partial charge >= 0.3 is 18.2 Å². The molecule has 3 amide bonds. The number of rotatable bonds is 12. The predicted molar refractivity (Wildman–Crippen MR) is 194 cm³/mol. The van der Waals surface area contributed by atoms with Gasteiger partial charge in [-0.1, -0.05) is 83.7 Å². The summed E-state index contributed by atoms with van der Waals surface area (Å²) in [5.41, 5.74) is 1.10. The van der Waals surface area contributed by atoms with E-state index in [2.05, 4.69) is 27.1 Å². The molecule has 53 heavy (non-hydrogen) atoms. The quantitative estimate of drug-likeness (QED) is 0.0669. The van der Waals surface area contributed by atoms with Crippen LogP contribution >= 0.6 is 21.6 Å². The summed E-state index contributed by atoms with van der Waals surface area (Å²) in [6.45, 7) is 2.29. The van der Waals surface area contributed by atoms with E-state index in [1.807, 2.05) is 6.26 Å². The number of alkyl halides is 3. The van der Waals surface area contributed by atoms with Crippen molar-refractivity contribution >= 4 is 67.9 Å². The summed E-state index contributed by atoms with van der Waals surface area (Å²) in [5, 5.41) is 14.5. The third-order valence-electron chi connectivity index (χ3n) is 7.73. The highest BCUT2D eigenvalue weighted by atomic mass is 33.1. The number of aliphatic hydroxyl groups excluding tert-OH is 1. The Morgan fingerprint density at radius 3 is 2.34 bits per heavy atom. The lowest BCUT2D eigenvalue weighted by Gasteiger charge is -2.22. The second-order valence-electron chi connectivity index (χ2n) is 11.7. The van der Waals surface area contributed by atoms with Gasteiger partial charge in [-0.3, -0.25) is 14.9 Å². The largest absolute Gasteiger partial charge is 0.471 e. The Labute approximate surface area is 310 Å². The molecule has 5 rings (SSSR count). The third-order valence-corrected chi connectivity index (χ3v) is 9.19. The van der Waals surface area contributed by atoms with E-state index in [-0.39, 0.29) is 41.5 Å². The van der Waals surface area contributed by atoms with Gasteiger partial charge in [-0.15, -0.1) is 0 Å². The molecule has 0 spiro atoms. The highest BCUT2D eigenvalue weighted by molar-refractivity contribution is 8.76. The first kappa shape index (κ1) is 39.4. The average molecular weight is 773 g/mol. The van der Waals surface area contributed by atoms with Crippen molar-refractivity contribution in [1.29, 1.82) is 0 Å². The molecule has 3 N–H and O–H groups in total. The number of fused-ring (bicyclic) bond motifs is 1. The van der Waals surface area contributed by atoms with Crippen molar-refractivity contribution in [2.24, 2.45) is 5.92 Å². The zero-order valence-corrected chi connectivity index (χ0v) is 30.3. The van der Waals surface area contributed by atoms with Crippen molar-refractivity contribution < 1.29 is 46.9 Å². The summed E-state index contributed by atoms with van der Waals surface area (Å²) in [6.07, 6.45) is -4.47. The summed E-state index contributed by atoms with van der Waals surface area (Å²) >= 11 is 0. The molecule has 0 radical (unpaired) electrons. The number of hydrogen-bond acceptors (Lipinski definition) is 11. The smallest absolute Gasteiger partial charge is 0.394 e. The number of aromatic nitrogens is 3. The van der Waals surface area contributed by atoms with Crippen LogP contribution in [0.15, 0.2) is 66.9 Å². The normalized spacial score (nSPS) is 16.9. The van der Waals surface area contributed by atoms with Crippen molar-refractivity contribution in [2.75, 3.05) is 35.6 Å². The molecule has 0 aliphatic carbocycles. The molecule has 1 aliphatic heterocycles. The van der Waals surface area contributed by atoms with Crippen molar-refractivity contribution in [3.05, 3.63) is 72.4 Å². The van der Waals surface area contributed by atoms with Gasteiger partial charge in [-0.2, -0.15) is 23.1 Å². The fraction of sp³-hybridized carbons (Fsp3) is 0.343. The Balaban J connectivity index is 1.64. The molecule has 1 saturated heterocycles. The average Bonchev–Trinajstić information content (AvgIpc) is 3.71. The Kier molecular flexibility index (Phi) is 13.2. The number of aliphatic hydroxyl groups is 1. The van der Waals surface area contributed by atoms with Crippen LogP contribution in [0.5, 0.6) is 5.88 Å². The summed E-state index contributed by atoms with van der Waals surface area (Å²) in [6, 6.07) is 17.3. The van der Waals surface area contributed by atoms with Gasteiger partial charge in [-0.05, 0) is 30.5 Å². The number of nitrogens with zero attached hydrogens (tertiary/aromatic N) is 4. The number of ether oxygens (including phenoxy) is 3. The van der Waals surface area contributed by atoms with Crippen LogP contribution in [-0.2, 0) is 19.1 Å². The van der Waals surface area contributed by atoms with E-state index in [9.17, 15) is 32.7 Å². The molecular formula is C35H35F3N6O7S2. The first-order valence-electron chi connectivity index (χ1n) is 16.1. The molecular weight excluding hydrogens is 738 g/mol. The number of carbonyl (C=O) groups excluding carboxylic acids is 3. The minimum atomic E-state index is -5.11. The minimum absolute atomic E-state index is 0.0584. The minimum Gasteiger partial charge on any atom is -0.394 e. The molecule has 0 bridgehead atoms. The van der Waals surface area contributed by atoms with Gasteiger partial charge in [0.1, 0.15) is 18.3 Å². The zero-order valence-electron chi connectivity index (χ0n) is 28.6. The maximum absolute atomic E-state index is 14.1. The molecule has 280 valence electrons. The number of halogens is 3. The first-order chi connectivity index (χ1) is 25.4. The molecule has 3 heterocycles. The SMILES string of the molecule is CSSCO[C@H]1C[C@H](n2cc(C#CCNC(=O)C(F)(F)F)c3c(OC(=O)N(c4ccccc4)c4ccccc4)nc(NC(=O)C(C)C)nc32)O[C@@H]1CO. The predicted octanol–water partition coefficient (Wildman–Crippen LogP) is 6.03. The van der Waals surface area contributed by atoms with Gasteiger partial charge in [0.2, 0.25) is 17.7 Å². The monoisotopic (exact) mass is 772 g/mol. The maximum Gasteiger partial charge on any atom is 0.471 e. The van der Waals surface area contributed by atoms with Crippen LogP contribution < -0.4 is 20.3 Å². The molecule has 3 atom stereocenters. The molecule has 0 saturated carbocycles. The van der Waals surface area contributed by atoms with Crippen LogP contribution in [0.3, 0.4) is 0 Å². The van der Waals surface area contributed by atoms with E-state index < -0.39 is 55.0 Å². The number of hydrogen-bond donors (Lipinski definition) is 3. The van der Waals surface area contributed by atoms with E-state index in [1.165, 1.54) is 37.3 Å². The van der Waals surface area contributed by atoms with E-state index in [1.54, 1.807) is 79.8 Å². The Bertz CT molecular complexity index is 1930. The summed E-state index contributed by atoms with van der Waals surface area (Å²) < 4.78 is 58.1. The number of para-hydroxylation sites is 2. The lowest BCUT2D eigenvalue weighted by molar-refractivity contribution is -0.173. The Morgan fingerprint density at radius 1 is 1.09 bits per heavy atom. The van der Waals surface area contributed by atoms with Crippen molar-refractivity contribution in [3.8, 4) is 17.7 Å². The van der Waals surface area contributed by atoms with Crippen LogP contribution in [0.25, 0.3) is 11.0 Å². The molecule has 1 fully saturated rings. The molecule has 18 heteroatoms. The van der Waals surface area contributed by atoms with Crippen molar-refractivity contribution in [3.63, 3.8) is 0 Å². The lowest BCUT2D eigenvalue weighted by Crippen LogP contribution is -2.36. The number of nitrogens with one attached hydrogen (secondary N) is 2. The highest BCUT2D eigenvalue weighted by Gasteiger charge is 2.39. The van der Waals surface area contributed by atoms with E-state index >= 15 is 0 Å². The van der Waals surface area contributed by atoms with Gasteiger partial charge in [0.15, 0.2) is 5.65 Å². The molecule has 4 aromatic rings. The summed E-state index contributed by atoms with van der Waals surface area (Å²) in [4.78, 5) is 48.7. The topological polar surface area (TPSA) is 157 Å². The van der Waals surface area contributed by atoms with Crippen molar-refractivity contribution in [1.82, 2.24) is 19.9 Å². The van der Waals surface area contributed by atoms with Gasteiger partial charge in [0, 0.05) is 18.5 Å². The first-order valence-corrected chi connectivity index (χ1v) is 18.9. The van der Waals surface area contributed by atoms with Crippen molar-refractivity contribution in [2.45, 2.75) is 44.9 Å². The Hall–Kier alpha value is -4.80. The number of benzene rings is 2. The van der Waals surface area contributed by atoms with Gasteiger partial charge < -0.3 is 29.2 Å². The van der Waals surface area contributed by atoms with Gasteiger partial charge in [0.05, 0.1) is 41.6 Å². The standard InChI is InChI=1S/C35H35F3N6O7S2/c1-21(2)30(46)41-33-40-29-28(31(42-33)51-34(48)44(23-12-6-4-7-13-23)24-14-8-5-9-15-24)22(11-10-16-39-32(47)35(36,37)38)18-43(29)27-17-25(26(19-45)50-27)49-20-53-52-3/h4-9,12-15,18,21,25-27,45H,16-17,19-20H2,1-3H3,(H,39,47)(H,40,41,42,46)/t25-,26+,27+/m0/s1. The number of amides is 3. The Morgan fingerprint density at radius 2 is 1.75 bits per heavy atom. The fourth-order valence-corrected chi connectivity index (χ4v) is 5.98. The molecule has 2 aromatic heterocycles. The maximum atomic E-state index is 14.1. The van der Waals surface area contributed by atoms with Crippen LogP contribution in [0.2, 0.25) is 0 Å². The fourth-order valence-electron chi connectivity index (χ4n) is 5.20. The van der Waals surface area contributed by atoms with E-state index in [0.29, 0.717) is 17.3 Å². The van der Waals surface area contributed by atoms with Gasteiger partial charge in [0.25, 0.3) is 0 Å². The summed E-state index contributed by atoms with van der Waals surface area (Å²) in [5.74, 6) is 1.91. The number of carbonyl (C=O) groups is 3. The van der Waals surface area contributed by atoms with E-state index in [4.69, 9.17) is 14.2 Å².